The second-order valence-electron chi connectivity index (χ2n) is 7.40. The van der Waals surface area contributed by atoms with Crippen molar-refractivity contribution in [3.05, 3.63) is 85.6 Å². The van der Waals surface area contributed by atoms with Crippen LogP contribution in [-0.4, -0.2) is 35.6 Å². The number of hydrogen-bond donors (Lipinski definition) is 1. The molecule has 9 heteroatoms. The van der Waals surface area contributed by atoms with Crippen molar-refractivity contribution in [3.8, 4) is 0 Å². The Morgan fingerprint density at radius 2 is 2.09 bits per heavy atom. The molecule has 1 aliphatic heterocycles. The molecule has 6 nitrogen and oxygen atoms in total. The fourth-order valence-corrected chi connectivity index (χ4v) is 4.65. The smallest absolute Gasteiger partial charge is 0.281 e. The summed E-state index contributed by atoms with van der Waals surface area (Å²) < 4.78 is 7.41. The third-order valence-corrected chi connectivity index (χ3v) is 6.42. The zero-order valence-corrected chi connectivity index (χ0v) is 19.4. The molecule has 1 saturated heterocycles. The monoisotopic (exact) mass is 489 g/mol. The summed E-state index contributed by atoms with van der Waals surface area (Å²) in [6, 6.07) is 12.1. The van der Waals surface area contributed by atoms with E-state index in [2.05, 4.69) is 10.3 Å². The first-order chi connectivity index (χ1) is 15.5. The van der Waals surface area contributed by atoms with Gasteiger partial charge in [-0.05, 0) is 48.7 Å². The summed E-state index contributed by atoms with van der Waals surface area (Å²) in [4.78, 5) is 29.9. The fraction of sp³-hybridized carbons (Fsp3) is 0.261. The Labute approximate surface area is 199 Å². The van der Waals surface area contributed by atoms with Crippen LogP contribution in [0.4, 0.5) is 0 Å². The molecule has 2 amide bonds. The van der Waals surface area contributed by atoms with E-state index in [1.165, 1.54) is 17.4 Å². The molecule has 0 radical (unpaired) electrons. The lowest BCUT2D eigenvalue weighted by Crippen LogP contribution is -2.31. The molecule has 0 spiro atoms. The van der Waals surface area contributed by atoms with E-state index in [1.54, 1.807) is 18.2 Å². The van der Waals surface area contributed by atoms with E-state index in [0.29, 0.717) is 34.0 Å². The molecule has 1 unspecified atom stereocenters. The molecule has 1 aliphatic rings. The molecule has 3 aromatic rings. The van der Waals surface area contributed by atoms with Gasteiger partial charge in [-0.15, -0.1) is 11.3 Å². The van der Waals surface area contributed by atoms with E-state index in [1.807, 2.05) is 34.3 Å². The molecule has 2 aromatic carbocycles. The first kappa shape index (κ1) is 22.7. The molecule has 0 bridgehead atoms. The summed E-state index contributed by atoms with van der Waals surface area (Å²) in [5.74, 6) is -0.569. The van der Waals surface area contributed by atoms with Gasteiger partial charge < -0.3 is 14.6 Å². The normalized spacial score (nSPS) is 16.3. The number of benzene rings is 2. The third-order valence-electron chi connectivity index (χ3n) is 5.08. The fourth-order valence-electron chi connectivity index (χ4n) is 3.44. The SMILES string of the molecule is O=C(NCC1CCCO1)c1cccc(Cn2ccsc2=NC(=O)c2ccc(Cl)cc2Cl)c1. The second kappa shape index (κ2) is 10.4. The molecule has 1 fully saturated rings. The van der Waals surface area contributed by atoms with Gasteiger partial charge in [-0.2, -0.15) is 4.99 Å². The minimum atomic E-state index is -0.440. The van der Waals surface area contributed by atoms with Crippen molar-refractivity contribution >= 4 is 46.4 Å². The molecule has 4 rings (SSSR count). The van der Waals surface area contributed by atoms with E-state index in [0.717, 1.165) is 25.0 Å². The van der Waals surface area contributed by atoms with E-state index in [4.69, 9.17) is 27.9 Å². The first-order valence-electron chi connectivity index (χ1n) is 10.2. The number of rotatable bonds is 6. The van der Waals surface area contributed by atoms with Crippen LogP contribution in [0, 0.1) is 0 Å². The number of hydrogen-bond acceptors (Lipinski definition) is 4. The molecule has 1 N–H and O–H groups in total. The topological polar surface area (TPSA) is 72.7 Å². The summed E-state index contributed by atoms with van der Waals surface area (Å²) in [5, 5.41) is 5.51. The zero-order chi connectivity index (χ0) is 22.5. The predicted molar refractivity (Wildman–Crippen MR) is 126 cm³/mol. The van der Waals surface area contributed by atoms with Gasteiger partial charge in [0.05, 0.1) is 16.7 Å². The van der Waals surface area contributed by atoms with Crippen LogP contribution in [0.5, 0.6) is 0 Å². The van der Waals surface area contributed by atoms with Gasteiger partial charge >= 0.3 is 0 Å². The lowest BCUT2D eigenvalue weighted by Gasteiger charge is -2.11. The summed E-state index contributed by atoms with van der Waals surface area (Å²) in [5.41, 5.74) is 1.80. The van der Waals surface area contributed by atoms with Crippen molar-refractivity contribution in [2.45, 2.75) is 25.5 Å². The van der Waals surface area contributed by atoms with Crippen LogP contribution in [0.2, 0.25) is 10.0 Å². The highest BCUT2D eigenvalue weighted by molar-refractivity contribution is 7.07. The molecule has 166 valence electrons. The van der Waals surface area contributed by atoms with Crippen molar-refractivity contribution in [1.82, 2.24) is 9.88 Å². The molecule has 32 heavy (non-hydrogen) atoms. The van der Waals surface area contributed by atoms with E-state index in [9.17, 15) is 9.59 Å². The summed E-state index contributed by atoms with van der Waals surface area (Å²) in [6.45, 7) is 1.74. The minimum Gasteiger partial charge on any atom is -0.376 e. The van der Waals surface area contributed by atoms with Crippen LogP contribution in [0.1, 0.15) is 39.1 Å². The van der Waals surface area contributed by atoms with E-state index < -0.39 is 5.91 Å². The van der Waals surface area contributed by atoms with Crippen LogP contribution in [0.15, 0.2) is 59.0 Å². The maximum Gasteiger partial charge on any atom is 0.281 e. The van der Waals surface area contributed by atoms with Crippen LogP contribution < -0.4 is 10.1 Å². The first-order valence-corrected chi connectivity index (χ1v) is 11.8. The zero-order valence-electron chi connectivity index (χ0n) is 17.1. The van der Waals surface area contributed by atoms with Gasteiger partial charge in [0.2, 0.25) is 0 Å². The average molecular weight is 490 g/mol. The van der Waals surface area contributed by atoms with Crippen molar-refractivity contribution in [3.63, 3.8) is 0 Å². The van der Waals surface area contributed by atoms with E-state index >= 15 is 0 Å². The highest BCUT2D eigenvalue weighted by Crippen LogP contribution is 2.21. The largest absolute Gasteiger partial charge is 0.376 e. The number of halogens is 2. The van der Waals surface area contributed by atoms with Gasteiger partial charge in [0.15, 0.2) is 4.80 Å². The number of amides is 2. The molecular formula is C23H21Cl2N3O3S. The maximum atomic E-state index is 12.6. The number of nitrogens with zero attached hydrogens (tertiary/aromatic N) is 2. The van der Waals surface area contributed by atoms with Crippen LogP contribution in [-0.2, 0) is 11.3 Å². The predicted octanol–water partition coefficient (Wildman–Crippen LogP) is 4.55. The number of carbonyl (C=O) groups excluding carboxylic acids is 2. The van der Waals surface area contributed by atoms with Gasteiger partial charge in [-0.25, -0.2) is 0 Å². The molecule has 2 heterocycles. The van der Waals surface area contributed by atoms with Crippen molar-refractivity contribution in [1.29, 1.82) is 0 Å². The molecule has 0 aliphatic carbocycles. The van der Waals surface area contributed by atoms with Crippen LogP contribution >= 0.6 is 34.5 Å². The van der Waals surface area contributed by atoms with Gasteiger partial charge in [-0.1, -0.05) is 35.3 Å². The number of thiazole rings is 1. The summed E-state index contributed by atoms with van der Waals surface area (Å²) >= 11 is 13.4. The van der Waals surface area contributed by atoms with Crippen LogP contribution in [0.3, 0.4) is 0 Å². The molecule has 1 aromatic heterocycles. The van der Waals surface area contributed by atoms with Crippen molar-refractivity contribution in [2.24, 2.45) is 4.99 Å². The van der Waals surface area contributed by atoms with Gasteiger partial charge in [0.25, 0.3) is 11.8 Å². The number of aromatic nitrogens is 1. The Hall–Kier alpha value is -2.45. The number of ether oxygens (including phenoxy) is 1. The standard InChI is InChI=1S/C23H21Cl2N3O3S/c24-17-6-7-19(20(25)12-17)22(30)27-23-28(8-10-32-23)14-15-3-1-4-16(11-15)21(29)26-13-18-5-2-9-31-18/h1,3-4,6-8,10-12,18H,2,5,9,13-14H2,(H,26,29). The Bertz CT molecular complexity index is 1200. The number of carbonyl (C=O) groups is 2. The quantitative estimate of drug-likeness (QED) is 0.551. The van der Waals surface area contributed by atoms with Crippen molar-refractivity contribution in [2.75, 3.05) is 13.2 Å². The second-order valence-corrected chi connectivity index (χ2v) is 9.12. The van der Waals surface area contributed by atoms with E-state index in [-0.39, 0.29) is 17.0 Å². The Balaban J connectivity index is 1.48. The van der Waals surface area contributed by atoms with Gasteiger partial charge in [0.1, 0.15) is 0 Å². The summed E-state index contributed by atoms with van der Waals surface area (Å²) in [6.07, 6.45) is 3.96. The average Bonchev–Trinajstić information content (AvgIpc) is 3.44. The van der Waals surface area contributed by atoms with Gasteiger partial charge in [0, 0.05) is 41.9 Å². The Morgan fingerprint density at radius 3 is 2.88 bits per heavy atom. The van der Waals surface area contributed by atoms with Crippen molar-refractivity contribution < 1.29 is 14.3 Å². The van der Waals surface area contributed by atoms with Crippen LogP contribution in [0.25, 0.3) is 0 Å². The lowest BCUT2D eigenvalue weighted by molar-refractivity contribution is 0.0857. The maximum absolute atomic E-state index is 12.6. The molecular weight excluding hydrogens is 469 g/mol. The highest BCUT2D eigenvalue weighted by atomic mass is 35.5. The van der Waals surface area contributed by atoms with Gasteiger partial charge in [-0.3, -0.25) is 9.59 Å². The Morgan fingerprint density at radius 1 is 1.22 bits per heavy atom. The molecule has 1 atom stereocenters. The third kappa shape index (κ3) is 5.66. The minimum absolute atomic E-state index is 0.0966. The summed E-state index contributed by atoms with van der Waals surface area (Å²) in [7, 11) is 0. The molecule has 0 saturated carbocycles. The highest BCUT2D eigenvalue weighted by Gasteiger charge is 2.17. The number of nitrogens with one attached hydrogen (secondary N) is 1. The Kier molecular flexibility index (Phi) is 7.42. The lowest BCUT2D eigenvalue weighted by atomic mass is 10.1.